The van der Waals surface area contributed by atoms with Crippen LogP contribution in [0.1, 0.15) is 27.4 Å². The summed E-state index contributed by atoms with van der Waals surface area (Å²) < 4.78 is 0. The summed E-state index contributed by atoms with van der Waals surface area (Å²) in [5, 5.41) is 4.00. The van der Waals surface area contributed by atoms with E-state index in [-0.39, 0.29) is 11.8 Å². The van der Waals surface area contributed by atoms with E-state index in [0.717, 1.165) is 24.3 Å². The average Bonchev–Trinajstić information content (AvgIpc) is 2.90. The summed E-state index contributed by atoms with van der Waals surface area (Å²) in [5.41, 5.74) is 2.72. The van der Waals surface area contributed by atoms with Crippen LogP contribution in [-0.2, 0) is 24.2 Å². The number of carbonyl (C=O) groups excluding carboxylic acids is 1. The molecule has 0 bridgehead atoms. The summed E-state index contributed by atoms with van der Waals surface area (Å²) in [7, 11) is 0. The fourth-order valence-electron chi connectivity index (χ4n) is 2.71. The predicted octanol–water partition coefficient (Wildman–Crippen LogP) is 2.87. The molecule has 1 aromatic carbocycles. The maximum atomic E-state index is 12.3. The van der Waals surface area contributed by atoms with Gasteiger partial charge >= 0.3 is 0 Å². The van der Waals surface area contributed by atoms with Gasteiger partial charge in [-0.2, -0.15) is 0 Å². The Balaban J connectivity index is 1.59. The molecule has 0 saturated carbocycles. The maximum Gasteiger partial charge on any atom is 0.223 e. The largest absolute Gasteiger partial charge is 0.349 e. The molecule has 3 rings (SSSR count). The van der Waals surface area contributed by atoms with Gasteiger partial charge in [0.25, 0.3) is 0 Å². The molecule has 0 spiro atoms. The van der Waals surface area contributed by atoms with E-state index in [1.54, 1.807) is 11.3 Å². The Hall–Kier alpha value is -1.68. The molecule has 1 aromatic heterocycles. The quantitative estimate of drug-likeness (QED) is 0.942. The molecule has 2 aromatic rings. The molecule has 1 N–H and O–H groups in total. The van der Waals surface area contributed by atoms with Crippen molar-refractivity contribution < 1.29 is 4.79 Å². The van der Waals surface area contributed by atoms with E-state index < -0.39 is 0 Å². The first kappa shape index (κ1) is 13.3. The number of aryl methyl sites for hydroxylation is 2. The summed E-state index contributed by atoms with van der Waals surface area (Å²) in [6.45, 7) is 2.58. The number of hydrogen-bond acceptors (Lipinski definition) is 3. The Morgan fingerprint density at radius 3 is 2.95 bits per heavy atom. The Labute approximate surface area is 123 Å². The van der Waals surface area contributed by atoms with Crippen LogP contribution >= 0.6 is 11.3 Å². The van der Waals surface area contributed by atoms with E-state index >= 15 is 0 Å². The van der Waals surface area contributed by atoms with Crippen molar-refractivity contribution in [3.63, 3.8) is 0 Å². The van der Waals surface area contributed by atoms with Crippen LogP contribution in [-0.4, -0.2) is 10.9 Å². The third-order valence-electron chi connectivity index (χ3n) is 3.80. The number of thiazole rings is 1. The highest BCUT2D eigenvalue weighted by atomic mass is 32.1. The fraction of sp³-hybridized carbons (Fsp3) is 0.375. The van der Waals surface area contributed by atoms with Crippen LogP contribution < -0.4 is 5.32 Å². The summed E-state index contributed by atoms with van der Waals surface area (Å²) in [4.78, 5) is 17.7. The molecule has 4 heteroatoms. The number of fused-ring (bicyclic) bond motifs is 1. The Morgan fingerprint density at radius 1 is 1.40 bits per heavy atom. The molecule has 0 radical (unpaired) electrons. The van der Waals surface area contributed by atoms with Crippen molar-refractivity contribution in [1.29, 1.82) is 0 Å². The molecule has 1 amide bonds. The zero-order chi connectivity index (χ0) is 13.9. The van der Waals surface area contributed by atoms with Crippen molar-refractivity contribution in [3.05, 3.63) is 51.5 Å². The first-order valence-electron chi connectivity index (χ1n) is 6.98. The van der Waals surface area contributed by atoms with E-state index in [1.807, 2.05) is 13.1 Å². The summed E-state index contributed by atoms with van der Waals surface area (Å²) >= 11 is 1.64. The van der Waals surface area contributed by atoms with E-state index in [2.05, 4.69) is 34.6 Å². The lowest BCUT2D eigenvalue weighted by Crippen LogP contribution is -2.33. The van der Waals surface area contributed by atoms with Gasteiger partial charge in [0.05, 0.1) is 6.54 Å². The van der Waals surface area contributed by atoms with Crippen molar-refractivity contribution in [2.24, 2.45) is 5.92 Å². The number of hydrogen-bond donors (Lipinski definition) is 1. The molecule has 0 saturated heterocycles. The Bertz CT molecular complexity index is 620. The zero-order valence-corrected chi connectivity index (χ0v) is 12.4. The fourth-order valence-corrected chi connectivity index (χ4v) is 3.44. The Kier molecular flexibility index (Phi) is 3.83. The molecule has 104 valence electrons. The summed E-state index contributed by atoms with van der Waals surface area (Å²) in [5.74, 6) is 0.262. The average molecular weight is 286 g/mol. The van der Waals surface area contributed by atoms with E-state index in [4.69, 9.17) is 0 Å². The second-order valence-electron chi connectivity index (χ2n) is 5.29. The third kappa shape index (κ3) is 2.90. The highest BCUT2D eigenvalue weighted by Crippen LogP contribution is 2.25. The minimum absolute atomic E-state index is 0.103. The highest BCUT2D eigenvalue weighted by Gasteiger charge is 2.24. The SMILES string of the molecule is Cc1cnc(CNC(=O)C2CCc3ccccc3C2)s1. The monoisotopic (exact) mass is 286 g/mol. The summed E-state index contributed by atoms with van der Waals surface area (Å²) in [6.07, 6.45) is 4.66. The molecule has 1 unspecified atom stereocenters. The van der Waals surface area contributed by atoms with Gasteiger partial charge in [0, 0.05) is 17.0 Å². The Morgan fingerprint density at radius 2 is 2.20 bits per heavy atom. The van der Waals surface area contributed by atoms with Gasteiger partial charge in [-0.25, -0.2) is 4.98 Å². The van der Waals surface area contributed by atoms with Gasteiger partial charge < -0.3 is 5.32 Å². The van der Waals surface area contributed by atoms with E-state index in [0.29, 0.717) is 6.54 Å². The molecule has 0 aliphatic heterocycles. The first-order chi connectivity index (χ1) is 9.72. The first-order valence-corrected chi connectivity index (χ1v) is 7.80. The number of amides is 1. The van der Waals surface area contributed by atoms with Crippen molar-refractivity contribution in [3.8, 4) is 0 Å². The lowest BCUT2D eigenvalue weighted by molar-refractivity contribution is -0.125. The minimum Gasteiger partial charge on any atom is -0.349 e. The van der Waals surface area contributed by atoms with E-state index in [9.17, 15) is 4.79 Å². The van der Waals surface area contributed by atoms with Gasteiger partial charge in [0.15, 0.2) is 0 Å². The van der Waals surface area contributed by atoms with E-state index in [1.165, 1.54) is 16.0 Å². The molecule has 1 aliphatic rings. The zero-order valence-electron chi connectivity index (χ0n) is 11.6. The molecular weight excluding hydrogens is 268 g/mol. The smallest absolute Gasteiger partial charge is 0.223 e. The van der Waals surface area contributed by atoms with Gasteiger partial charge in [-0.3, -0.25) is 4.79 Å². The standard InChI is InChI=1S/C16H18N2OS/c1-11-9-17-15(20-11)10-18-16(19)14-7-6-12-4-2-3-5-13(12)8-14/h2-5,9,14H,6-8,10H2,1H3,(H,18,19). The van der Waals surface area contributed by atoms with Gasteiger partial charge in [0.1, 0.15) is 5.01 Å². The van der Waals surface area contributed by atoms with Crippen LogP contribution in [0.25, 0.3) is 0 Å². The highest BCUT2D eigenvalue weighted by molar-refractivity contribution is 7.11. The van der Waals surface area contributed by atoms with Crippen LogP contribution in [0.15, 0.2) is 30.5 Å². The molecule has 3 nitrogen and oxygen atoms in total. The third-order valence-corrected chi connectivity index (χ3v) is 4.71. The lowest BCUT2D eigenvalue weighted by atomic mass is 9.83. The second-order valence-corrected chi connectivity index (χ2v) is 6.61. The molecular formula is C16H18N2OS. The minimum atomic E-state index is 0.103. The number of aromatic nitrogens is 1. The van der Waals surface area contributed by atoms with Crippen molar-refractivity contribution in [2.45, 2.75) is 32.7 Å². The van der Waals surface area contributed by atoms with Crippen LogP contribution in [0.2, 0.25) is 0 Å². The number of benzene rings is 1. The normalized spacial score (nSPS) is 17.6. The van der Waals surface area contributed by atoms with Gasteiger partial charge in [-0.15, -0.1) is 11.3 Å². The predicted molar refractivity (Wildman–Crippen MR) is 80.7 cm³/mol. The van der Waals surface area contributed by atoms with Crippen LogP contribution in [0.5, 0.6) is 0 Å². The molecule has 1 heterocycles. The maximum absolute atomic E-state index is 12.3. The van der Waals surface area contributed by atoms with Gasteiger partial charge in [0.2, 0.25) is 5.91 Å². The number of nitrogens with zero attached hydrogens (tertiary/aromatic N) is 1. The van der Waals surface area contributed by atoms with Gasteiger partial charge in [-0.1, -0.05) is 24.3 Å². The van der Waals surface area contributed by atoms with Gasteiger partial charge in [-0.05, 0) is 37.3 Å². The van der Waals surface area contributed by atoms with Crippen LogP contribution in [0.4, 0.5) is 0 Å². The van der Waals surface area contributed by atoms with Crippen LogP contribution in [0.3, 0.4) is 0 Å². The van der Waals surface area contributed by atoms with Crippen molar-refractivity contribution in [1.82, 2.24) is 10.3 Å². The second kappa shape index (κ2) is 5.75. The lowest BCUT2D eigenvalue weighted by Gasteiger charge is -2.23. The molecule has 1 aliphatic carbocycles. The molecule has 1 atom stereocenters. The number of nitrogens with one attached hydrogen (secondary N) is 1. The molecule has 20 heavy (non-hydrogen) atoms. The van der Waals surface area contributed by atoms with Crippen molar-refractivity contribution >= 4 is 17.2 Å². The van der Waals surface area contributed by atoms with Crippen LogP contribution in [0, 0.1) is 12.8 Å². The summed E-state index contributed by atoms with van der Waals surface area (Å²) in [6, 6.07) is 8.43. The topological polar surface area (TPSA) is 42.0 Å². The molecule has 0 fully saturated rings. The number of carbonyl (C=O) groups is 1. The van der Waals surface area contributed by atoms with Crippen molar-refractivity contribution in [2.75, 3.05) is 0 Å². The number of rotatable bonds is 3.